The van der Waals surface area contributed by atoms with Gasteiger partial charge < -0.3 is 4.52 Å². The third-order valence-electron chi connectivity index (χ3n) is 4.93. The van der Waals surface area contributed by atoms with Gasteiger partial charge in [-0.1, -0.05) is 5.16 Å². The zero-order chi connectivity index (χ0) is 22.9. The summed E-state index contributed by atoms with van der Waals surface area (Å²) < 4.78 is 125. The van der Waals surface area contributed by atoms with Crippen LogP contribution in [0.3, 0.4) is 0 Å². The fourth-order valence-corrected chi connectivity index (χ4v) is 3.42. The van der Waals surface area contributed by atoms with Crippen LogP contribution in [0.25, 0.3) is 0 Å². The fraction of sp³-hybridized carbons (Fsp3) is 0.438. The minimum absolute atomic E-state index is 0.0300. The Morgan fingerprint density at radius 3 is 1.93 bits per heavy atom. The molecule has 1 fully saturated rings. The molecule has 0 aliphatic heterocycles. The molecular formula is C16H9F9N2O3. The Hall–Kier alpha value is -2.80. The van der Waals surface area contributed by atoms with E-state index in [0.717, 1.165) is 6.92 Å². The molecule has 0 amide bonds. The molecule has 2 aromatic rings. The molecular weight excluding hydrogens is 439 g/mol. The molecule has 14 heteroatoms. The molecule has 0 N–H and O–H groups in total. The van der Waals surface area contributed by atoms with Gasteiger partial charge in [0.1, 0.15) is 5.41 Å². The lowest BCUT2D eigenvalue weighted by Gasteiger charge is -2.23. The van der Waals surface area contributed by atoms with Crippen LogP contribution in [0.15, 0.2) is 22.7 Å². The van der Waals surface area contributed by atoms with E-state index in [9.17, 15) is 49.6 Å². The first-order valence-electron chi connectivity index (χ1n) is 7.97. The van der Waals surface area contributed by atoms with Gasteiger partial charge in [-0.2, -0.15) is 39.5 Å². The third-order valence-corrected chi connectivity index (χ3v) is 4.93. The molecule has 1 saturated carbocycles. The SMILES string of the molecule is Cc1noc([C@H]2C[C@]2(c2cc(C(F)(F)F)cc(C(F)(F)F)c2)C(F)(F)F)c1[N+](=O)[O-]. The highest BCUT2D eigenvalue weighted by Crippen LogP contribution is 2.69. The van der Waals surface area contributed by atoms with Crippen LogP contribution < -0.4 is 0 Å². The minimum Gasteiger partial charge on any atom is -0.353 e. The number of nitro groups is 1. The first-order chi connectivity index (χ1) is 13.5. The quantitative estimate of drug-likeness (QED) is 0.332. The molecule has 0 unspecified atom stereocenters. The number of aryl methyl sites for hydroxylation is 1. The van der Waals surface area contributed by atoms with Crippen molar-refractivity contribution < 1.29 is 49.0 Å². The summed E-state index contributed by atoms with van der Waals surface area (Å²) in [6.45, 7) is 1.06. The van der Waals surface area contributed by atoms with Gasteiger partial charge in [0.2, 0.25) is 5.76 Å². The number of alkyl halides is 9. The predicted molar refractivity (Wildman–Crippen MR) is 79.4 cm³/mol. The number of hydrogen-bond donors (Lipinski definition) is 0. The first-order valence-corrected chi connectivity index (χ1v) is 7.97. The zero-order valence-corrected chi connectivity index (χ0v) is 14.5. The summed E-state index contributed by atoms with van der Waals surface area (Å²) in [6.07, 6.45) is -17.1. The van der Waals surface area contributed by atoms with Gasteiger partial charge in [0, 0.05) is 5.92 Å². The summed E-state index contributed by atoms with van der Waals surface area (Å²) in [7, 11) is 0. The molecule has 0 bridgehead atoms. The van der Waals surface area contributed by atoms with E-state index in [2.05, 4.69) is 9.68 Å². The van der Waals surface area contributed by atoms with E-state index in [-0.39, 0.29) is 23.9 Å². The number of nitrogens with zero attached hydrogens (tertiary/aromatic N) is 2. The molecule has 2 atom stereocenters. The smallest absolute Gasteiger partial charge is 0.353 e. The molecule has 0 radical (unpaired) electrons. The van der Waals surface area contributed by atoms with Crippen LogP contribution in [0.1, 0.15) is 40.5 Å². The van der Waals surface area contributed by atoms with Gasteiger partial charge in [-0.3, -0.25) is 10.1 Å². The Morgan fingerprint density at radius 2 is 1.53 bits per heavy atom. The lowest BCUT2D eigenvalue weighted by atomic mass is 9.88. The lowest BCUT2D eigenvalue weighted by Crippen LogP contribution is -2.31. The summed E-state index contributed by atoms with van der Waals surface area (Å²) in [5.41, 5.74) is -9.68. The van der Waals surface area contributed by atoms with Crippen LogP contribution in [0.5, 0.6) is 0 Å². The van der Waals surface area contributed by atoms with E-state index in [1.165, 1.54) is 0 Å². The van der Waals surface area contributed by atoms with Crippen molar-refractivity contribution in [2.75, 3.05) is 0 Å². The average Bonchev–Trinajstić information content (AvgIpc) is 3.22. The summed E-state index contributed by atoms with van der Waals surface area (Å²) in [4.78, 5) is 10.1. The molecule has 1 heterocycles. The van der Waals surface area contributed by atoms with Crippen molar-refractivity contribution in [1.29, 1.82) is 0 Å². The maximum absolute atomic E-state index is 13.9. The van der Waals surface area contributed by atoms with Crippen LogP contribution in [0, 0.1) is 17.0 Å². The maximum Gasteiger partial charge on any atom is 0.416 e. The second-order valence-electron chi connectivity index (χ2n) is 6.76. The van der Waals surface area contributed by atoms with Gasteiger partial charge in [0.25, 0.3) is 0 Å². The maximum atomic E-state index is 13.9. The number of aromatic nitrogens is 1. The number of rotatable bonds is 3. The lowest BCUT2D eigenvalue weighted by molar-refractivity contribution is -0.386. The molecule has 0 spiro atoms. The minimum atomic E-state index is -5.36. The summed E-state index contributed by atoms with van der Waals surface area (Å²) in [6, 6.07) is -0.360. The van der Waals surface area contributed by atoms with Gasteiger partial charge in [0.05, 0.1) is 16.1 Å². The van der Waals surface area contributed by atoms with Crippen LogP contribution in [-0.4, -0.2) is 16.3 Å². The highest BCUT2D eigenvalue weighted by atomic mass is 19.4. The van der Waals surface area contributed by atoms with Crippen molar-refractivity contribution in [2.45, 2.75) is 43.2 Å². The molecule has 164 valence electrons. The Bertz CT molecular complexity index is 975. The van der Waals surface area contributed by atoms with E-state index in [1.807, 2.05) is 0 Å². The average molecular weight is 448 g/mol. The van der Waals surface area contributed by atoms with E-state index in [0.29, 0.717) is 0 Å². The Labute approximate surface area is 160 Å². The topological polar surface area (TPSA) is 69.2 Å². The predicted octanol–water partition coefficient (Wildman–Crippen LogP) is 5.92. The largest absolute Gasteiger partial charge is 0.416 e. The van der Waals surface area contributed by atoms with Crippen molar-refractivity contribution in [2.24, 2.45) is 0 Å². The standard InChI is InChI=1S/C16H9F9N2O3/c1-6-11(27(28)29)12(30-26-6)10-5-13(10,16(23,24)25)7-2-8(14(17,18)19)4-9(3-7)15(20,21)22/h2-4,10H,5H2,1H3/t10-,13-/m1/s1. The molecule has 3 rings (SSSR count). The normalized spacial score (nSPS) is 22.3. The van der Waals surface area contributed by atoms with Crippen molar-refractivity contribution in [1.82, 2.24) is 5.16 Å². The number of benzene rings is 1. The summed E-state index contributed by atoms with van der Waals surface area (Å²) in [5.74, 6) is -2.77. The van der Waals surface area contributed by atoms with E-state index in [4.69, 9.17) is 0 Å². The van der Waals surface area contributed by atoms with Gasteiger partial charge >= 0.3 is 24.2 Å². The Balaban J connectivity index is 2.24. The van der Waals surface area contributed by atoms with Crippen LogP contribution in [0.2, 0.25) is 0 Å². The van der Waals surface area contributed by atoms with Gasteiger partial charge in [0.15, 0.2) is 5.69 Å². The fourth-order valence-electron chi connectivity index (χ4n) is 3.42. The second-order valence-corrected chi connectivity index (χ2v) is 6.76. The molecule has 0 saturated heterocycles. The van der Waals surface area contributed by atoms with Gasteiger partial charge in [-0.15, -0.1) is 0 Å². The molecule has 1 aromatic heterocycles. The van der Waals surface area contributed by atoms with Gasteiger partial charge in [-0.05, 0) is 37.1 Å². The molecule has 1 aliphatic carbocycles. The van der Waals surface area contributed by atoms with Crippen molar-refractivity contribution >= 4 is 5.69 Å². The van der Waals surface area contributed by atoms with Crippen molar-refractivity contribution in [3.05, 3.63) is 56.5 Å². The van der Waals surface area contributed by atoms with E-state index < -0.39 is 69.3 Å². The van der Waals surface area contributed by atoms with E-state index >= 15 is 0 Å². The Morgan fingerprint density at radius 1 is 1.03 bits per heavy atom. The van der Waals surface area contributed by atoms with Crippen LogP contribution in [0.4, 0.5) is 45.2 Å². The first kappa shape index (κ1) is 21.9. The number of halogens is 9. The number of hydrogen-bond acceptors (Lipinski definition) is 4. The zero-order valence-electron chi connectivity index (χ0n) is 14.5. The van der Waals surface area contributed by atoms with Crippen LogP contribution in [-0.2, 0) is 17.8 Å². The Kier molecular flexibility index (Phi) is 4.63. The van der Waals surface area contributed by atoms with Crippen molar-refractivity contribution in [3.63, 3.8) is 0 Å². The molecule has 1 aliphatic rings. The highest BCUT2D eigenvalue weighted by Gasteiger charge is 2.74. The molecule has 5 nitrogen and oxygen atoms in total. The second kappa shape index (κ2) is 6.35. The highest BCUT2D eigenvalue weighted by molar-refractivity contribution is 5.52. The van der Waals surface area contributed by atoms with Crippen molar-refractivity contribution in [3.8, 4) is 0 Å². The monoisotopic (exact) mass is 448 g/mol. The van der Waals surface area contributed by atoms with Crippen LogP contribution >= 0.6 is 0 Å². The third kappa shape index (κ3) is 3.37. The van der Waals surface area contributed by atoms with E-state index in [1.54, 1.807) is 0 Å². The summed E-state index contributed by atoms with van der Waals surface area (Å²) in [5, 5.41) is 14.3. The summed E-state index contributed by atoms with van der Waals surface area (Å²) >= 11 is 0. The molecule has 30 heavy (non-hydrogen) atoms. The molecule has 1 aromatic carbocycles. The van der Waals surface area contributed by atoms with Gasteiger partial charge in [-0.25, -0.2) is 0 Å².